The first-order valence-corrected chi connectivity index (χ1v) is 7.91. The van der Waals surface area contributed by atoms with Gasteiger partial charge in [0.15, 0.2) is 0 Å². The Balaban J connectivity index is 2.34. The Hall–Kier alpha value is -3.08. The number of rotatable bonds is 2. The van der Waals surface area contributed by atoms with Crippen molar-refractivity contribution in [2.75, 3.05) is 5.73 Å². The summed E-state index contributed by atoms with van der Waals surface area (Å²) < 4.78 is 0. The second-order valence-corrected chi connectivity index (χ2v) is 6.15. The minimum absolute atomic E-state index is 0.247. The van der Waals surface area contributed by atoms with Gasteiger partial charge in [-0.15, -0.1) is 11.3 Å². The normalized spacial score (nSPS) is 10.0. The standard InChI is InChI=1S/C19H13N3S/c1-12-4-6-13(7-5-12)14-9-15(18-3-2-8-23-18)17(11-21)19(22)16(14)10-20/h2-9H,22H2,1H3. The summed E-state index contributed by atoms with van der Waals surface area (Å²) in [7, 11) is 0. The van der Waals surface area contributed by atoms with Crippen LogP contribution >= 0.6 is 11.3 Å². The highest BCUT2D eigenvalue weighted by atomic mass is 32.1. The van der Waals surface area contributed by atoms with E-state index in [2.05, 4.69) is 12.1 Å². The summed E-state index contributed by atoms with van der Waals surface area (Å²) in [5, 5.41) is 21.0. The molecule has 1 heterocycles. The Morgan fingerprint density at radius 3 is 2.17 bits per heavy atom. The molecule has 0 radical (unpaired) electrons. The molecule has 110 valence electrons. The van der Waals surface area contributed by atoms with Gasteiger partial charge in [-0.25, -0.2) is 0 Å². The fraction of sp³-hybridized carbons (Fsp3) is 0.0526. The zero-order chi connectivity index (χ0) is 16.4. The molecule has 2 aromatic carbocycles. The van der Waals surface area contributed by atoms with E-state index in [4.69, 9.17) is 5.73 Å². The fourth-order valence-electron chi connectivity index (χ4n) is 2.53. The van der Waals surface area contributed by atoms with E-state index in [0.717, 1.165) is 27.1 Å². The van der Waals surface area contributed by atoms with Crippen molar-refractivity contribution in [1.82, 2.24) is 0 Å². The zero-order valence-electron chi connectivity index (χ0n) is 12.5. The van der Waals surface area contributed by atoms with Gasteiger partial charge in [-0.1, -0.05) is 35.9 Å². The van der Waals surface area contributed by atoms with Gasteiger partial charge in [0.25, 0.3) is 0 Å². The van der Waals surface area contributed by atoms with Gasteiger partial charge in [-0.05, 0) is 30.0 Å². The maximum Gasteiger partial charge on any atom is 0.102 e. The molecule has 3 nitrogen and oxygen atoms in total. The van der Waals surface area contributed by atoms with Crippen LogP contribution in [0.5, 0.6) is 0 Å². The number of nitriles is 2. The molecule has 0 spiro atoms. The number of thiophene rings is 1. The van der Waals surface area contributed by atoms with Crippen molar-refractivity contribution < 1.29 is 0 Å². The molecular formula is C19H13N3S. The van der Waals surface area contributed by atoms with Crippen LogP contribution in [0.25, 0.3) is 21.6 Å². The van der Waals surface area contributed by atoms with Crippen molar-refractivity contribution in [2.45, 2.75) is 6.92 Å². The smallest absolute Gasteiger partial charge is 0.102 e. The molecule has 0 amide bonds. The lowest BCUT2D eigenvalue weighted by Crippen LogP contribution is -2.00. The quantitative estimate of drug-likeness (QED) is 0.696. The van der Waals surface area contributed by atoms with E-state index in [0.29, 0.717) is 11.1 Å². The Kier molecular flexibility index (Phi) is 3.85. The highest BCUT2D eigenvalue weighted by Crippen LogP contribution is 2.38. The molecular weight excluding hydrogens is 302 g/mol. The number of hydrogen-bond acceptors (Lipinski definition) is 4. The van der Waals surface area contributed by atoms with Crippen LogP contribution in [0.2, 0.25) is 0 Å². The van der Waals surface area contributed by atoms with Crippen molar-refractivity contribution >= 4 is 17.0 Å². The largest absolute Gasteiger partial charge is 0.397 e. The van der Waals surface area contributed by atoms with E-state index in [1.54, 1.807) is 11.3 Å². The van der Waals surface area contributed by atoms with E-state index in [1.165, 1.54) is 0 Å². The first-order valence-electron chi connectivity index (χ1n) is 7.03. The van der Waals surface area contributed by atoms with E-state index in [1.807, 2.05) is 54.8 Å². The second kappa shape index (κ2) is 5.96. The maximum atomic E-state index is 9.52. The minimum atomic E-state index is 0.247. The van der Waals surface area contributed by atoms with Crippen LogP contribution in [0.1, 0.15) is 16.7 Å². The molecule has 0 fully saturated rings. The third-order valence-corrected chi connectivity index (χ3v) is 4.64. The van der Waals surface area contributed by atoms with Crippen LogP contribution in [-0.4, -0.2) is 0 Å². The van der Waals surface area contributed by atoms with E-state index in [9.17, 15) is 10.5 Å². The van der Waals surface area contributed by atoms with Crippen LogP contribution in [0, 0.1) is 29.6 Å². The molecule has 2 N–H and O–H groups in total. The van der Waals surface area contributed by atoms with E-state index >= 15 is 0 Å². The Morgan fingerprint density at radius 2 is 1.61 bits per heavy atom. The fourth-order valence-corrected chi connectivity index (χ4v) is 3.28. The van der Waals surface area contributed by atoms with Crippen LogP contribution in [-0.2, 0) is 0 Å². The molecule has 3 rings (SSSR count). The predicted molar refractivity (Wildman–Crippen MR) is 93.8 cm³/mol. The molecule has 1 aromatic heterocycles. The number of aryl methyl sites for hydroxylation is 1. The number of nitrogen functional groups attached to an aromatic ring is 1. The van der Waals surface area contributed by atoms with Gasteiger partial charge in [0.05, 0.1) is 16.8 Å². The Labute approximate surface area is 138 Å². The van der Waals surface area contributed by atoms with Crippen molar-refractivity contribution in [2.24, 2.45) is 0 Å². The maximum absolute atomic E-state index is 9.52. The molecule has 0 atom stereocenters. The summed E-state index contributed by atoms with van der Waals surface area (Å²) in [6.07, 6.45) is 0. The van der Waals surface area contributed by atoms with Gasteiger partial charge in [-0.2, -0.15) is 10.5 Å². The van der Waals surface area contributed by atoms with Gasteiger partial charge in [-0.3, -0.25) is 0 Å². The van der Waals surface area contributed by atoms with Gasteiger partial charge in [0, 0.05) is 16.0 Å². The highest BCUT2D eigenvalue weighted by Gasteiger charge is 2.18. The molecule has 0 aliphatic carbocycles. The van der Waals surface area contributed by atoms with Crippen LogP contribution in [0.15, 0.2) is 47.8 Å². The molecule has 4 heteroatoms. The molecule has 0 bridgehead atoms. The van der Waals surface area contributed by atoms with Crippen molar-refractivity contribution in [3.8, 4) is 33.7 Å². The van der Waals surface area contributed by atoms with Crippen molar-refractivity contribution in [1.29, 1.82) is 10.5 Å². The van der Waals surface area contributed by atoms with Gasteiger partial charge >= 0.3 is 0 Å². The van der Waals surface area contributed by atoms with E-state index in [-0.39, 0.29) is 5.69 Å². The van der Waals surface area contributed by atoms with Crippen molar-refractivity contribution in [3.05, 3.63) is 64.5 Å². The second-order valence-electron chi connectivity index (χ2n) is 5.20. The first kappa shape index (κ1) is 14.8. The van der Waals surface area contributed by atoms with Gasteiger partial charge in [0.2, 0.25) is 0 Å². The summed E-state index contributed by atoms with van der Waals surface area (Å²) >= 11 is 1.54. The topological polar surface area (TPSA) is 73.6 Å². The van der Waals surface area contributed by atoms with Gasteiger partial charge < -0.3 is 5.73 Å². The van der Waals surface area contributed by atoms with Crippen molar-refractivity contribution in [3.63, 3.8) is 0 Å². The summed E-state index contributed by atoms with van der Waals surface area (Å²) in [5.41, 5.74) is 10.7. The molecule has 0 aliphatic heterocycles. The molecule has 0 aliphatic rings. The third-order valence-electron chi connectivity index (χ3n) is 3.74. The number of benzene rings is 2. The Bertz CT molecular complexity index is 940. The first-order chi connectivity index (χ1) is 11.2. The van der Waals surface area contributed by atoms with Crippen LogP contribution in [0.4, 0.5) is 5.69 Å². The molecule has 0 unspecified atom stereocenters. The SMILES string of the molecule is Cc1ccc(-c2cc(-c3cccs3)c(C#N)c(N)c2C#N)cc1. The summed E-state index contributed by atoms with van der Waals surface area (Å²) in [6, 6.07) is 18.0. The summed E-state index contributed by atoms with van der Waals surface area (Å²) in [5.74, 6) is 0. The number of hydrogen-bond donors (Lipinski definition) is 1. The summed E-state index contributed by atoms with van der Waals surface area (Å²) in [6.45, 7) is 2.01. The minimum Gasteiger partial charge on any atom is -0.397 e. The molecule has 0 saturated heterocycles. The summed E-state index contributed by atoms with van der Waals surface area (Å²) in [4.78, 5) is 0.964. The molecule has 3 aromatic rings. The monoisotopic (exact) mass is 315 g/mol. The lowest BCUT2D eigenvalue weighted by Gasteiger charge is -2.13. The lowest BCUT2D eigenvalue weighted by atomic mass is 9.91. The molecule has 0 saturated carbocycles. The Morgan fingerprint density at radius 1 is 0.957 bits per heavy atom. The average Bonchev–Trinajstić information content (AvgIpc) is 3.09. The predicted octanol–water partition coefficient (Wildman–Crippen LogP) is 4.72. The number of anilines is 1. The number of nitrogens with two attached hydrogens (primary N) is 1. The third kappa shape index (κ3) is 2.57. The van der Waals surface area contributed by atoms with Gasteiger partial charge in [0.1, 0.15) is 12.1 Å². The zero-order valence-corrected chi connectivity index (χ0v) is 13.3. The average molecular weight is 315 g/mol. The lowest BCUT2D eigenvalue weighted by molar-refractivity contribution is 1.43. The van der Waals surface area contributed by atoms with E-state index < -0.39 is 0 Å². The van der Waals surface area contributed by atoms with Crippen LogP contribution < -0.4 is 5.73 Å². The molecule has 23 heavy (non-hydrogen) atoms. The van der Waals surface area contributed by atoms with Crippen LogP contribution in [0.3, 0.4) is 0 Å². The number of nitrogens with zero attached hydrogens (tertiary/aromatic N) is 2. The highest BCUT2D eigenvalue weighted by molar-refractivity contribution is 7.13.